The Labute approximate surface area is 144 Å². The molecule has 2 heterocycles. The Morgan fingerprint density at radius 2 is 2.00 bits per heavy atom. The highest BCUT2D eigenvalue weighted by molar-refractivity contribution is 8.14. The molecule has 2 aliphatic heterocycles. The van der Waals surface area contributed by atoms with Crippen LogP contribution in [0.15, 0.2) is 35.3 Å². The van der Waals surface area contributed by atoms with Crippen molar-refractivity contribution in [3.05, 3.63) is 35.9 Å². The van der Waals surface area contributed by atoms with Gasteiger partial charge in [-0.15, -0.1) is 0 Å². The Bertz CT molecular complexity index is 624. The molecule has 0 aliphatic carbocycles. The zero-order valence-corrected chi connectivity index (χ0v) is 14.2. The molecule has 1 fully saturated rings. The van der Waals surface area contributed by atoms with Crippen molar-refractivity contribution in [2.24, 2.45) is 4.99 Å². The molecule has 1 aromatic carbocycles. The first-order valence-electron chi connectivity index (χ1n) is 7.63. The molecule has 0 spiro atoms. The molecule has 2 aliphatic rings. The average molecular weight is 352 g/mol. The number of aliphatic hydroxyl groups is 2. The number of hydrogen-bond acceptors (Lipinski definition) is 8. The summed E-state index contributed by atoms with van der Waals surface area (Å²) in [6.07, 6.45) is -3.02. The zero-order chi connectivity index (χ0) is 17.3. The first-order chi connectivity index (χ1) is 11.5. The van der Waals surface area contributed by atoms with Gasteiger partial charge in [0.2, 0.25) is 0 Å². The minimum absolute atomic E-state index is 0.132. The van der Waals surface area contributed by atoms with E-state index in [-0.39, 0.29) is 6.61 Å². The molecule has 1 saturated heterocycles. The van der Waals surface area contributed by atoms with Gasteiger partial charge in [-0.3, -0.25) is 4.99 Å². The van der Waals surface area contributed by atoms with Gasteiger partial charge in [0.25, 0.3) is 0 Å². The van der Waals surface area contributed by atoms with Gasteiger partial charge in [0.05, 0.1) is 5.56 Å². The number of hydrogen-bond donors (Lipinski definition) is 2. The van der Waals surface area contributed by atoms with Crippen LogP contribution in [0.2, 0.25) is 0 Å². The van der Waals surface area contributed by atoms with Crippen LogP contribution in [0.1, 0.15) is 10.4 Å². The number of carbonyl (C=O) groups is 1. The van der Waals surface area contributed by atoms with Gasteiger partial charge in [-0.05, 0) is 12.1 Å². The van der Waals surface area contributed by atoms with Crippen LogP contribution in [-0.4, -0.2) is 76.7 Å². The standard InChI is InChI=1S/C16H20N2O5S/c1-18(2)16-17-11-13(20)12(19)10(23-15(11)24-16)8-22-14(21)9-6-4-3-5-7-9/h3-7,10-13,15,19-20H,8H2,1-2H3/t10-,11-,12-,13-,15-/m1/s1. The molecule has 0 unspecified atom stereocenters. The molecule has 3 rings (SSSR count). The summed E-state index contributed by atoms with van der Waals surface area (Å²) in [4.78, 5) is 18.2. The van der Waals surface area contributed by atoms with Crippen LogP contribution in [0, 0.1) is 0 Å². The average Bonchev–Trinajstić information content (AvgIpc) is 3.02. The van der Waals surface area contributed by atoms with Gasteiger partial charge in [0.15, 0.2) is 5.17 Å². The van der Waals surface area contributed by atoms with Crippen molar-refractivity contribution in [3.63, 3.8) is 0 Å². The fourth-order valence-electron chi connectivity index (χ4n) is 2.59. The molecule has 1 aromatic rings. The number of rotatable bonds is 3. The van der Waals surface area contributed by atoms with Gasteiger partial charge < -0.3 is 24.6 Å². The first kappa shape index (κ1) is 17.2. The molecular formula is C16H20N2O5S. The van der Waals surface area contributed by atoms with E-state index < -0.39 is 35.8 Å². The molecule has 0 radical (unpaired) electrons. The van der Waals surface area contributed by atoms with Crippen molar-refractivity contribution in [2.75, 3.05) is 20.7 Å². The second-order valence-corrected chi connectivity index (χ2v) is 6.97. The van der Waals surface area contributed by atoms with Gasteiger partial charge in [-0.25, -0.2) is 4.79 Å². The molecule has 0 bridgehead atoms. The predicted molar refractivity (Wildman–Crippen MR) is 89.9 cm³/mol. The summed E-state index contributed by atoms with van der Waals surface area (Å²) in [6.45, 7) is -0.132. The third-order valence-corrected chi connectivity index (χ3v) is 5.22. The van der Waals surface area contributed by atoms with Crippen LogP contribution in [0.25, 0.3) is 0 Å². The number of aliphatic imine (C=N–C) groups is 1. The smallest absolute Gasteiger partial charge is 0.338 e. The monoisotopic (exact) mass is 352 g/mol. The summed E-state index contributed by atoms with van der Waals surface area (Å²) in [7, 11) is 3.70. The van der Waals surface area contributed by atoms with Crippen LogP contribution in [0.5, 0.6) is 0 Å². The maximum absolute atomic E-state index is 12.0. The van der Waals surface area contributed by atoms with E-state index in [1.165, 1.54) is 11.8 Å². The summed E-state index contributed by atoms with van der Waals surface area (Å²) >= 11 is 1.38. The highest BCUT2D eigenvalue weighted by atomic mass is 32.2. The van der Waals surface area contributed by atoms with Gasteiger partial charge >= 0.3 is 5.97 Å². The Balaban J connectivity index is 1.61. The van der Waals surface area contributed by atoms with Crippen LogP contribution < -0.4 is 0 Å². The quantitative estimate of drug-likeness (QED) is 0.757. The lowest BCUT2D eigenvalue weighted by molar-refractivity contribution is -0.164. The molecule has 130 valence electrons. The van der Waals surface area contributed by atoms with E-state index >= 15 is 0 Å². The molecule has 0 amide bonds. The highest BCUT2D eigenvalue weighted by Gasteiger charge is 2.48. The van der Waals surface area contributed by atoms with Crippen LogP contribution in [-0.2, 0) is 9.47 Å². The van der Waals surface area contributed by atoms with Crippen molar-refractivity contribution in [2.45, 2.75) is 29.8 Å². The van der Waals surface area contributed by atoms with E-state index in [9.17, 15) is 15.0 Å². The minimum Gasteiger partial charge on any atom is -0.459 e. The van der Waals surface area contributed by atoms with E-state index in [1.807, 2.05) is 19.0 Å². The molecule has 8 heteroatoms. The molecule has 0 aromatic heterocycles. The Kier molecular flexibility index (Phi) is 5.09. The van der Waals surface area contributed by atoms with Crippen molar-refractivity contribution in [3.8, 4) is 0 Å². The number of carbonyl (C=O) groups excluding carboxylic acids is 1. The van der Waals surface area contributed by atoms with E-state index in [4.69, 9.17) is 9.47 Å². The Hall–Kier alpha value is -1.61. The normalized spacial score (nSPS) is 32.0. The number of fused-ring (bicyclic) bond motifs is 1. The number of esters is 1. The van der Waals surface area contributed by atoms with Crippen molar-refractivity contribution in [1.29, 1.82) is 0 Å². The number of aliphatic hydroxyl groups excluding tert-OH is 2. The van der Waals surface area contributed by atoms with E-state index in [1.54, 1.807) is 30.3 Å². The molecule has 5 atom stereocenters. The third-order valence-electron chi connectivity index (χ3n) is 3.92. The van der Waals surface area contributed by atoms with Crippen molar-refractivity contribution >= 4 is 22.9 Å². The SMILES string of the molecule is CN(C)C1=N[C@@H]2[C@@H](O)[C@H](O)[C@@H](COC(=O)c3ccccc3)O[C@@H]2S1. The molecule has 7 nitrogen and oxygen atoms in total. The lowest BCUT2D eigenvalue weighted by Crippen LogP contribution is -2.56. The van der Waals surface area contributed by atoms with E-state index in [2.05, 4.69) is 4.99 Å². The zero-order valence-electron chi connectivity index (χ0n) is 13.4. The number of amidine groups is 1. The van der Waals surface area contributed by atoms with Gasteiger partial charge in [-0.2, -0.15) is 0 Å². The fourth-order valence-corrected chi connectivity index (χ4v) is 3.75. The highest BCUT2D eigenvalue weighted by Crippen LogP contribution is 2.37. The minimum atomic E-state index is -1.17. The Morgan fingerprint density at radius 3 is 2.67 bits per heavy atom. The first-order valence-corrected chi connectivity index (χ1v) is 8.51. The summed E-state index contributed by atoms with van der Waals surface area (Å²) in [5.74, 6) is -0.493. The lowest BCUT2D eigenvalue weighted by atomic mass is 9.99. The summed E-state index contributed by atoms with van der Waals surface area (Å²) in [6, 6.07) is 8.06. The number of benzene rings is 1. The lowest BCUT2D eigenvalue weighted by Gasteiger charge is -2.37. The van der Waals surface area contributed by atoms with Crippen LogP contribution in [0.3, 0.4) is 0 Å². The van der Waals surface area contributed by atoms with Gasteiger partial charge in [-0.1, -0.05) is 30.0 Å². The summed E-state index contributed by atoms with van der Waals surface area (Å²) in [5.41, 5.74) is 0.0240. The number of nitrogens with zero attached hydrogens (tertiary/aromatic N) is 2. The second-order valence-electron chi connectivity index (χ2n) is 5.90. The topological polar surface area (TPSA) is 91.6 Å². The largest absolute Gasteiger partial charge is 0.459 e. The molecular weight excluding hydrogens is 332 g/mol. The molecule has 0 saturated carbocycles. The predicted octanol–water partition coefficient (Wildman–Crippen LogP) is 0.323. The molecule has 2 N–H and O–H groups in total. The fraction of sp³-hybridized carbons (Fsp3) is 0.500. The van der Waals surface area contributed by atoms with Gasteiger partial charge in [0.1, 0.15) is 36.4 Å². The molecule has 24 heavy (non-hydrogen) atoms. The van der Waals surface area contributed by atoms with Gasteiger partial charge in [0, 0.05) is 14.1 Å². The van der Waals surface area contributed by atoms with Crippen molar-refractivity contribution in [1.82, 2.24) is 4.90 Å². The summed E-state index contributed by atoms with van der Waals surface area (Å²) < 4.78 is 11.0. The Morgan fingerprint density at radius 1 is 1.29 bits per heavy atom. The maximum Gasteiger partial charge on any atom is 0.338 e. The third kappa shape index (κ3) is 3.41. The van der Waals surface area contributed by atoms with Crippen LogP contribution in [0.4, 0.5) is 0 Å². The summed E-state index contributed by atoms with van der Waals surface area (Å²) in [5, 5.41) is 21.3. The second kappa shape index (κ2) is 7.10. The van der Waals surface area contributed by atoms with E-state index in [0.29, 0.717) is 5.56 Å². The van der Waals surface area contributed by atoms with E-state index in [0.717, 1.165) is 5.17 Å². The van der Waals surface area contributed by atoms with Crippen LogP contribution >= 0.6 is 11.8 Å². The number of ether oxygens (including phenoxy) is 2. The maximum atomic E-state index is 12.0. The number of thioether (sulfide) groups is 1. The van der Waals surface area contributed by atoms with Crippen molar-refractivity contribution < 1.29 is 24.5 Å².